The van der Waals surface area contributed by atoms with Gasteiger partial charge in [0.2, 0.25) is 0 Å². The number of carbonyl (C=O) groups is 1. The second kappa shape index (κ2) is 7.25. The number of hydrogen-bond donors (Lipinski definition) is 2. The number of phenols is 1. The van der Waals surface area contributed by atoms with Crippen molar-refractivity contribution >= 4 is 28.6 Å². The zero-order valence-corrected chi connectivity index (χ0v) is 11.9. The summed E-state index contributed by atoms with van der Waals surface area (Å²) in [6, 6.07) is 2.79. The van der Waals surface area contributed by atoms with Crippen molar-refractivity contribution < 1.29 is 19.4 Å². The second-order valence-electron chi connectivity index (χ2n) is 3.39. The Morgan fingerprint density at radius 2 is 2.20 bits per heavy atom. The SMILES string of the molecule is COC(=O)c1cc(OC)cc(N=C(NC#N)SC)c1O. The number of esters is 1. The molecule has 8 heteroatoms. The highest BCUT2D eigenvalue weighted by atomic mass is 32.2. The van der Waals surface area contributed by atoms with E-state index >= 15 is 0 Å². The van der Waals surface area contributed by atoms with E-state index in [-0.39, 0.29) is 22.2 Å². The fraction of sp³-hybridized carbons (Fsp3) is 0.250. The maximum atomic E-state index is 11.6. The number of nitrogens with one attached hydrogen (secondary N) is 1. The van der Waals surface area contributed by atoms with Crippen molar-refractivity contribution in [1.29, 1.82) is 5.26 Å². The lowest BCUT2D eigenvalue weighted by molar-refractivity contribution is 0.0597. The van der Waals surface area contributed by atoms with E-state index < -0.39 is 5.97 Å². The van der Waals surface area contributed by atoms with Gasteiger partial charge in [0, 0.05) is 6.07 Å². The first-order valence-corrected chi connectivity index (χ1v) is 6.57. The minimum atomic E-state index is -0.711. The first-order chi connectivity index (χ1) is 9.57. The molecule has 0 aliphatic carbocycles. The predicted octanol–water partition coefficient (Wildman–Crippen LogP) is 1.61. The predicted molar refractivity (Wildman–Crippen MR) is 75.4 cm³/mol. The Morgan fingerprint density at radius 1 is 1.50 bits per heavy atom. The first-order valence-electron chi connectivity index (χ1n) is 5.34. The third-order valence-electron chi connectivity index (χ3n) is 2.28. The fourth-order valence-electron chi connectivity index (χ4n) is 1.34. The summed E-state index contributed by atoms with van der Waals surface area (Å²) in [5, 5.41) is 21.2. The molecule has 7 nitrogen and oxygen atoms in total. The molecule has 20 heavy (non-hydrogen) atoms. The Balaban J connectivity index is 3.39. The van der Waals surface area contributed by atoms with Gasteiger partial charge >= 0.3 is 5.97 Å². The largest absolute Gasteiger partial charge is 0.505 e. The molecule has 0 spiro atoms. The molecule has 1 rings (SSSR count). The van der Waals surface area contributed by atoms with Crippen molar-refractivity contribution in [2.24, 2.45) is 4.99 Å². The highest BCUT2D eigenvalue weighted by Crippen LogP contribution is 2.35. The number of carbonyl (C=O) groups excluding carboxylic acids is 1. The number of ether oxygens (including phenoxy) is 2. The van der Waals surface area contributed by atoms with Gasteiger partial charge in [0.1, 0.15) is 17.0 Å². The molecule has 0 heterocycles. The fourth-order valence-corrected chi connectivity index (χ4v) is 1.68. The number of nitriles is 1. The van der Waals surface area contributed by atoms with Crippen molar-refractivity contribution in [3.05, 3.63) is 17.7 Å². The number of benzene rings is 1. The van der Waals surface area contributed by atoms with Gasteiger partial charge in [-0.25, -0.2) is 9.79 Å². The Bertz CT molecular complexity index is 581. The number of amidine groups is 1. The van der Waals surface area contributed by atoms with Crippen LogP contribution in [-0.4, -0.2) is 36.7 Å². The molecule has 0 aromatic heterocycles. The number of nitrogens with zero attached hydrogens (tertiary/aromatic N) is 2. The van der Waals surface area contributed by atoms with Crippen LogP contribution in [-0.2, 0) is 4.74 Å². The van der Waals surface area contributed by atoms with Gasteiger partial charge in [-0.15, -0.1) is 0 Å². The van der Waals surface area contributed by atoms with Gasteiger partial charge in [-0.05, 0) is 12.3 Å². The molecule has 0 atom stereocenters. The van der Waals surface area contributed by atoms with Gasteiger partial charge in [0.25, 0.3) is 0 Å². The summed E-state index contributed by atoms with van der Waals surface area (Å²) in [6.07, 6.45) is 3.44. The Kier molecular flexibility index (Phi) is 5.68. The monoisotopic (exact) mass is 295 g/mol. The molecule has 0 fully saturated rings. The average Bonchev–Trinajstić information content (AvgIpc) is 2.47. The second-order valence-corrected chi connectivity index (χ2v) is 4.19. The Hall–Kier alpha value is -2.40. The van der Waals surface area contributed by atoms with Crippen molar-refractivity contribution in [3.8, 4) is 17.7 Å². The van der Waals surface area contributed by atoms with E-state index in [1.165, 1.54) is 38.1 Å². The maximum absolute atomic E-state index is 11.6. The van der Waals surface area contributed by atoms with Crippen LogP contribution in [0.25, 0.3) is 0 Å². The molecule has 0 unspecified atom stereocenters. The average molecular weight is 295 g/mol. The van der Waals surface area contributed by atoms with Gasteiger partial charge in [0.05, 0.1) is 14.2 Å². The molecule has 0 aliphatic rings. The molecule has 0 aliphatic heterocycles. The zero-order chi connectivity index (χ0) is 15.1. The summed E-state index contributed by atoms with van der Waals surface area (Å²) in [7, 11) is 2.62. The number of aliphatic imine (C=N–C) groups is 1. The summed E-state index contributed by atoms with van der Waals surface area (Å²) in [6.45, 7) is 0. The normalized spacial score (nSPS) is 10.6. The summed E-state index contributed by atoms with van der Waals surface area (Å²) >= 11 is 1.18. The molecule has 0 amide bonds. The first kappa shape index (κ1) is 15.7. The molecule has 0 saturated carbocycles. The van der Waals surface area contributed by atoms with Crippen LogP contribution < -0.4 is 10.1 Å². The number of rotatable bonds is 3. The van der Waals surface area contributed by atoms with Gasteiger partial charge in [0.15, 0.2) is 17.1 Å². The van der Waals surface area contributed by atoms with Crippen LogP contribution in [0.5, 0.6) is 11.5 Å². The van der Waals surface area contributed by atoms with E-state index in [1.807, 2.05) is 0 Å². The molecule has 1 aromatic rings. The molecular formula is C12H13N3O4S. The third kappa shape index (κ3) is 3.55. The van der Waals surface area contributed by atoms with Crippen molar-refractivity contribution in [2.75, 3.05) is 20.5 Å². The van der Waals surface area contributed by atoms with Crippen LogP contribution in [0.4, 0.5) is 5.69 Å². The van der Waals surface area contributed by atoms with Crippen LogP contribution in [0.1, 0.15) is 10.4 Å². The number of aromatic hydroxyl groups is 1. The highest BCUT2D eigenvalue weighted by Gasteiger charge is 2.17. The van der Waals surface area contributed by atoms with Crippen LogP contribution in [0.3, 0.4) is 0 Å². The number of thioether (sulfide) groups is 1. The molecule has 2 N–H and O–H groups in total. The third-order valence-corrected chi connectivity index (χ3v) is 2.86. The van der Waals surface area contributed by atoms with Gasteiger partial charge < -0.3 is 14.6 Å². The summed E-state index contributed by atoms with van der Waals surface area (Å²) in [4.78, 5) is 15.6. The summed E-state index contributed by atoms with van der Waals surface area (Å²) in [5.41, 5.74) is 0.0276. The Morgan fingerprint density at radius 3 is 2.70 bits per heavy atom. The standard InChI is InChI=1S/C12H13N3O4S/c1-18-7-4-8(11(17)19-2)10(16)9(5-7)15-12(20-3)14-6-13/h4-5,16H,1-3H3,(H,14,15). The quantitative estimate of drug-likeness (QED) is 0.287. The zero-order valence-electron chi connectivity index (χ0n) is 11.1. The van der Waals surface area contributed by atoms with E-state index in [4.69, 9.17) is 10.00 Å². The van der Waals surface area contributed by atoms with Gasteiger partial charge in [-0.3, -0.25) is 5.32 Å². The van der Waals surface area contributed by atoms with Crippen LogP contribution >= 0.6 is 11.8 Å². The lowest BCUT2D eigenvalue weighted by Gasteiger charge is -2.09. The summed E-state index contributed by atoms with van der Waals surface area (Å²) in [5.74, 6) is -0.722. The van der Waals surface area contributed by atoms with Crippen molar-refractivity contribution in [2.45, 2.75) is 0 Å². The molecule has 1 aromatic carbocycles. The highest BCUT2D eigenvalue weighted by molar-refractivity contribution is 8.13. The minimum absolute atomic E-state index is 0.0667. The van der Waals surface area contributed by atoms with Gasteiger partial charge in [-0.2, -0.15) is 5.26 Å². The number of phenolic OH excluding ortho intramolecular Hbond substituents is 1. The van der Waals surface area contributed by atoms with Gasteiger partial charge in [-0.1, -0.05) is 11.8 Å². The van der Waals surface area contributed by atoms with Crippen LogP contribution in [0.2, 0.25) is 0 Å². The Labute approximate surface area is 120 Å². The lowest BCUT2D eigenvalue weighted by atomic mass is 10.1. The maximum Gasteiger partial charge on any atom is 0.341 e. The van der Waals surface area contributed by atoms with Crippen LogP contribution in [0.15, 0.2) is 17.1 Å². The van der Waals surface area contributed by atoms with E-state index in [0.717, 1.165) is 0 Å². The molecular weight excluding hydrogens is 282 g/mol. The number of methoxy groups -OCH3 is 2. The topological polar surface area (TPSA) is 104 Å². The van der Waals surface area contributed by atoms with E-state index in [0.29, 0.717) is 5.75 Å². The minimum Gasteiger partial charge on any atom is -0.505 e. The van der Waals surface area contributed by atoms with E-state index in [2.05, 4.69) is 15.0 Å². The molecule has 0 saturated heterocycles. The van der Waals surface area contributed by atoms with Crippen molar-refractivity contribution in [3.63, 3.8) is 0 Å². The molecule has 0 bridgehead atoms. The molecule has 106 valence electrons. The summed E-state index contributed by atoms with van der Waals surface area (Å²) < 4.78 is 9.61. The lowest BCUT2D eigenvalue weighted by Crippen LogP contribution is -2.12. The van der Waals surface area contributed by atoms with Crippen molar-refractivity contribution in [1.82, 2.24) is 5.32 Å². The van der Waals surface area contributed by atoms with E-state index in [9.17, 15) is 9.90 Å². The van der Waals surface area contributed by atoms with Crippen LogP contribution in [0, 0.1) is 11.5 Å². The number of hydrogen-bond acceptors (Lipinski definition) is 7. The van der Waals surface area contributed by atoms with E-state index in [1.54, 1.807) is 12.4 Å². The smallest absolute Gasteiger partial charge is 0.341 e. The molecule has 0 radical (unpaired) electrons.